The Bertz CT molecular complexity index is 551. The Morgan fingerprint density at radius 3 is 2.60 bits per heavy atom. The molecule has 2 heterocycles. The SMILES string of the molecule is Cc1ccnc(N2CCC(CN(C)S(C)(=O)=O)CC2)c1. The molecule has 5 nitrogen and oxygen atoms in total. The highest BCUT2D eigenvalue weighted by molar-refractivity contribution is 7.88. The molecule has 0 unspecified atom stereocenters. The van der Waals surface area contributed by atoms with Crippen LogP contribution in [0.5, 0.6) is 0 Å². The number of anilines is 1. The molecule has 0 radical (unpaired) electrons. The predicted octanol–water partition coefficient (Wildman–Crippen LogP) is 1.50. The molecule has 0 amide bonds. The van der Waals surface area contributed by atoms with Crippen LogP contribution in [0.3, 0.4) is 0 Å². The van der Waals surface area contributed by atoms with Gasteiger partial charge in [0.2, 0.25) is 10.0 Å². The fourth-order valence-electron chi connectivity index (χ4n) is 2.54. The first-order valence-electron chi connectivity index (χ1n) is 6.95. The van der Waals surface area contributed by atoms with Gasteiger partial charge in [-0.1, -0.05) is 0 Å². The third-order valence-corrected chi connectivity index (χ3v) is 5.20. The van der Waals surface area contributed by atoms with Gasteiger partial charge in [-0.2, -0.15) is 0 Å². The van der Waals surface area contributed by atoms with Crippen LogP contribution in [-0.2, 0) is 10.0 Å². The zero-order valence-corrected chi connectivity index (χ0v) is 13.2. The van der Waals surface area contributed by atoms with E-state index in [-0.39, 0.29) is 0 Å². The first-order chi connectivity index (χ1) is 9.36. The molecule has 1 aromatic rings. The van der Waals surface area contributed by atoms with E-state index in [2.05, 4.69) is 22.9 Å². The summed E-state index contributed by atoms with van der Waals surface area (Å²) in [6.45, 7) is 4.57. The van der Waals surface area contributed by atoms with Crippen LogP contribution in [0.2, 0.25) is 0 Å². The number of rotatable bonds is 4. The zero-order valence-electron chi connectivity index (χ0n) is 12.4. The smallest absolute Gasteiger partial charge is 0.210 e. The topological polar surface area (TPSA) is 53.5 Å². The zero-order chi connectivity index (χ0) is 14.8. The van der Waals surface area contributed by atoms with Crippen molar-refractivity contribution in [1.29, 1.82) is 0 Å². The molecule has 1 fully saturated rings. The summed E-state index contributed by atoms with van der Waals surface area (Å²) in [5.74, 6) is 1.47. The molecule has 0 aliphatic carbocycles. The summed E-state index contributed by atoms with van der Waals surface area (Å²) in [5, 5.41) is 0. The molecule has 0 aromatic carbocycles. The Labute approximate surface area is 121 Å². The monoisotopic (exact) mass is 297 g/mol. The van der Waals surface area contributed by atoms with Gasteiger partial charge in [-0.05, 0) is 43.4 Å². The van der Waals surface area contributed by atoms with E-state index in [1.54, 1.807) is 7.05 Å². The van der Waals surface area contributed by atoms with E-state index in [1.807, 2.05) is 12.3 Å². The number of pyridine rings is 1. The van der Waals surface area contributed by atoms with Crippen LogP contribution < -0.4 is 4.90 Å². The van der Waals surface area contributed by atoms with Gasteiger partial charge in [0.05, 0.1) is 6.26 Å². The number of piperidine rings is 1. The summed E-state index contributed by atoms with van der Waals surface area (Å²) >= 11 is 0. The third kappa shape index (κ3) is 3.93. The highest BCUT2D eigenvalue weighted by Crippen LogP contribution is 2.23. The van der Waals surface area contributed by atoms with Crippen molar-refractivity contribution in [2.24, 2.45) is 5.92 Å². The summed E-state index contributed by atoms with van der Waals surface area (Å²) in [6.07, 6.45) is 5.12. The van der Waals surface area contributed by atoms with E-state index in [0.29, 0.717) is 12.5 Å². The van der Waals surface area contributed by atoms with Gasteiger partial charge >= 0.3 is 0 Å². The molecular formula is C14H23N3O2S. The van der Waals surface area contributed by atoms with Crippen LogP contribution in [0, 0.1) is 12.8 Å². The van der Waals surface area contributed by atoms with Crippen molar-refractivity contribution in [2.45, 2.75) is 19.8 Å². The third-order valence-electron chi connectivity index (χ3n) is 3.92. The molecule has 0 bridgehead atoms. The van der Waals surface area contributed by atoms with Gasteiger partial charge in [-0.25, -0.2) is 17.7 Å². The van der Waals surface area contributed by atoms with E-state index in [9.17, 15) is 8.42 Å². The molecule has 112 valence electrons. The Balaban J connectivity index is 1.90. The van der Waals surface area contributed by atoms with Crippen molar-refractivity contribution in [2.75, 3.05) is 37.8 Å². The minimum atomic E-state index is -3.07. The van der Waals surface area contributed by atoms with Crippen LogP contribution >= 0.6 is 0 Å². The number of nitrogens with zero attached hydrogens (tertiary/aromatic N) is 3. The summed E-state index contributed by atoms with van der Waals surface area (Å²) in [6, 6.07) is 4.10. The van der Waals surface area contributed by atoms with Crippen LogP contribution in [0.1, 0.15) is 18.4 Å². The van der Waals surface area contributed by atoms with Crippen LogP contribution in [0.15, 0.2) is 18.3 Å². The molecular weight excluding hydrogens is 274 g/mol. The van der Waals surface area contributed by atoms with Crippen molar-refractivity contribution in [3.8, 4) is 0 Å². The van der Waals surface area contributed by atoms with Crippen LogP contribution in [-0.4, -0.2) is 50.6 Å². The number of aromatic nitrogens is 1. The van der Waals surface area contributed by atoms with Crippen molar-refractivity contribution in [3.63, 3.8) is 0 Å². The van der Waals surface area contributed by atoms with E-state index in [4.69, 9.17) is 0 Å². The maximum absolute atomic E-state index is 11.4. The lowest BCUT2D eigenvalue weighted by Gasteiger charge is -2.34. The molecule has 1 aliphatic rings. The van der Waals surface area contributed by atoms with Gasteiger partial charge in [0.25, 0.3) is 0 Å². The maximum atomic E-state index is 11.4. The average molecular weight is 297 g/mol. The van der Waals surface area contributed by atoms with Crippen molar-refractivity contribution in [1.82, 2.24) is 9.29 Å². The quantitative estimate of drug-likeness (QED) is 0.845. The molecule has 2 rings (SSSR count). The number of aryl methyl sites for hydroxylation is 1. The summed E-state index contributed by atoms with van der Waals surface area (Å²) in [4.78, 5) is 6.69. The second-order valence-corrected chi connectivity index (χ2v) is 7.75. The van der Waals surface area contributed by atoms with Crippen LogP contribution in [0.4, 0.5) is 5.82 Å². The van der Waals surface area contributed by atoms with Crippen molar-refractivity contribution >= 4 is 15.8 Å². The minimum Gasteiger partial charge on any atom is -0.357 e. The molecule has 6 heteroatoms. The molecule has 1 aliphatic heterocycles. The molecule has 1 saturated heterocycles. The first-order valence-corrected chi connectivity index (χ1v) is 8.80. The van der Waals surface area contributed by atoms with E-state index in [0.717, 1.165) is 31.7 Å². The Kier molecular flexibility index (Phi) is 4.65. The Morgan fingerprint density at radius 2 is 2.05 bits per heavy atom. The van der Waals surface area contributed by atoms with Gasteiger partial charge < -0.3 is 4.90 Å². The van der Waals surface area contributed by atoms with Crippen LogP contribution in [0.25, 0.3) is 0 Å². The van der Waals surface area contributed by atoms with Gasteiger partial charge in [-0.3, -0.25) is 0 Å². The van der Waals surface area contributed by atoms with Crippen molar-refractivity contribution < 1.29 is 8.42 Å². The average Bonchev–Trinajstić information content (AvgIpc) is 2.38. The summed E-state index contributed by atoms with van der Waals surface area (Å²) in [5.41, 5.74) is 1.22. The Hall–Kier alpha value is -1.14. The lowest BCUT2D eigenvalue weighted by Crippen LogP contribution is -2.39. The fraction of sp³-hybridized carbons (Fsp3) is 0.643. The lowest BCUT2D eigenvalue weighted by atomic mass is 9.97. The first kappa shape index (κ1) is 15.3. The maximum Gasteiger partial charge on any atom is 0.210 e. The Morgan fingerprint density at radius 1 is 1.40 bits per heavy atom. The normalized spacial score (nSPS) is 17.7. The lowest BCUT2D eigenvalue weighted by molar-refractivity contribution is 0.328. The largest absolute Gasteiger partial charge is 0.357 e. The summed E-state index contributed by atoms with van der Waals surface area (Å²) < 4.78 is 24.3. The van der Waals surface area contributed by atoms with Gasteiger partial charge in [0.15, 0.2) is 0 Å². The van der Waals surface area contributed by atoms with E-state index < -0.39 is 10.0 Å². The molecule has 0 saturated carbocycles. The highest BCUT2D eigenvalue weighted by atomic mass is 32.2. The standard InChI is InChI=1S/C14H23N3O2S/c1-12-4-7-15-14(10-12)17-8-5-13(6-9-17)11-16(2)20(3,18)19/h4,7,10,13H,5-6,8-9,11H2,1-3H3. The minimum absolute atomic E-state index is 0.441. The molecule has 0 spiro atoms. The summed E-state index contributed by atoms with van der Waals surface area (Å²) in [7, 11) is -1.41. The molecule has 20 heavy (non-hydrogen) atoms. The fourth-order valence-corrected chi connectivity index (χ4v) is 3.02. The number of hydrogen-bond acceptors (Lipinski definition) is 4. The number of hydrogen-bond donors (Lipinski definition) is 0. The van der Waals surface area contributed by atoms with Gasteiger partial charge in [0, 0.05) is 32.9 Å². The van der Waals surface area contributed by atoms with Crippen molar-refractivity contribution in [3.05, 3.63) is 23.9 Å². The van der Waals surface area contributed by atoms with Gasteiger partial charge in [-0.15, -0.1) is 0 Å². The molecule has 0 N–H and O–H groups in total. The van der Waals surface area contributed by atoms with E-state index >= 15 is 0 Å². The molecule has 1 aromatic heterocycles. The predicted molar refractivity (Wildman–Crippen MR) is 81.4 cm³/mol. The van der Waals surface area contributed by atoms with Gasteiger partial charge in [0.1, 0.15) is 5.82 Å². The number of sulfonamides is 1. The second-order valence-electron chi connectivity index (χ2n) is 5.67. The molecule has 0 atom stereocenters. The second kappa shape index (κ2) is 6.10. The van der Waals surface area contributed by atoms with E-state index in [1.165, 1.54) is 16.1 Å². The highest BCUT2D eigenvalue weighted by Gasteiger charge is 2.23.